The first-order valence-corrected chi connectivity index (χ1v) is 14.5. The molecule has 2 N–H and O–H groups in total. The maximum atomic E-state index is 13.7. The molecule has 39 heavy (non-hydrogen) atoms. The number of rotatable bonds is 9. The Labute approximate surface area is 228 Å². The molecule has 2 aromatic heterocycles. The molecular formula is C28H34N4O6S. The molecule has 3 aromatic rings. The van der Waals surface area contributed by atoms with Gasteiger partial charge in [-0.2, -0.15) is 8.42 Å². The second-order valence-electron chi connectivity index (χ2n) is 10.0. The van der Waals surface area contributed by atoms with Gasteiger partial charge in [-0.05, 0) is 63.3 Å². The van der Waals surface area contributed by atoms with Gasteiger partial charge in [-0.1, -0.05) is 31.2 Å². The van der Waals surface area contributed by atoms with Crippen LogP contribution in [0.4, 0.5) is 0 Å². The predicted molar refractivity (Wildman–Crippen MR) is 146 cm³/mol. The number of aromatic nitrogens is 1. The van der Waals surface area contributed by atoms with Crippen molar-refractivity contribution in [3.63, 3.8) is 0 Å². The Morgan fingerprint density at radius 2 is 1.97 bits per heavy atom. The van der Waals surface area contributed by atoms with Gasteiger partial charge >= 0.3 is 0 Å². The van der Waals surface area contributed by atoms with E-state index < -0.39 is 22.0 Å². The fraction of sp³-hybridized carbons (Fsp3) is 0.429. The third-order valence-corrected chi connectivity index (χ3v) is 8.88. The van der Waals surface area contributed by atoms with Gasteiger partial charge in [0.05, 0.1) is 6.54 Å². The Kier molecular flexibility index (Phi) is 8.81. The number of hydrogen-bond acceptors (Lipinski definition) is 8. The van der Waals surface area contributed by atoms with Crippen molar-refractivity contribution in [3.05, 3.63) is 59.5 Å². The molecular weight excluding hydrogens is 520 g/mol. The van der Waals surface area contributed by atoms with E-state index in [1.807, 2.05) is 32.0 Å². The number of nitrogens with zero attached hydrogens (tertiary/aromatic N) is 2. The highest BCUT2D eigenvalue weighted by Crippen LogP contribution is 2.26. The van der Waals surface area contributed by atoms with E-state index >= 15 is 0 Å². The van der Waals surface area contributed by atoms with E-state index in [0.717, 1.165) is 15.3 Å². The first-order valence-electron chi connectivity index (χ1n) is 13.1. The molecule has 10 nitrogen and oxygen atoms in total. The van der Waals surface area contributed by atoms with E-state index in [1.54, 1.807) is 25.1 Å². The number of sulfonamides is 1. The van der Waals surface area contributed by atoms with Crippen LogP contribution in [0, 0.1) is 19.8 Å². The van der Waals surface area contributed by atoms with Gasteiger partial charge in [-0.3, -0.25) is 14.4 Å². The van der Waals surface area contributed by atoms with Crippen LogP contribution in [0.15, 0.2) is 52.0 Å². The molecule has 4 rings (SSSR count). The summed E-state index contributed by atoms with van der Waals surface area (Å²) in [5.74, 6) is -1.39. The number of ketones is 1. The van der Waals surface area contributed by atoms with E-state index in [1.165, 1.54) is 6.20 Å². The number of Topliss-reactive ketones (excluding diaryl/α,β-unsaturated/α-hetero) is 1. The summed E-state index contributed by atoms with van der Waals surface area (Å²) in [4.78, 5) is 43.2. The van der Waals surface area contributed by atoms with Gasteiger partial charge in [-0.25, -0.2) is 9.29 Å². The maximum Gasteiger partial charge on any atom is 0.287 e. The van der Waals surface area contributed by atoms with Crippen LogP contribution in [0.3, 0.4) is 0 Å². The zero-order chi connectivity index (χ0) is 28.2. The summed E-state index contributed by atoms with van der Waals surface area (Å²) in [6.07, 6.45) is 2.47. The Bertz CT molecular complexity index is 1480. The zero-order valence-corrected chi connectivity index (χ0v) is 23.2. The molecule has 3 heterocycles. The SMILES string of the molecule is Cc1cccnc1S(=O)(=O)N(C(=O)CC(C)CCNC(=O)c1oc2ccccc2c1C)[C@H]1CCCNCC1=O. The molecule has 0 spiro atoms. The molecule has 2 amide bonds. The Morgan fingerprint density at radius 3 is 2.72 bits per heavy atom. The van der Waals surface area contributed by atoms with Crippen LogP contribution in [-0.2, 0) is 19.6 Å². The third kappa shape index (κ3) is 6.20. The number of para-hydroxylation sites is 1. The topological polar surface area (TPSA) is 139 Å². The zero-order valence-electron chi connectivity index (χ0n) is 22.4. The van der Waals surface area contributed by atoms with Crippen molar-refractivity contribution < 1.29 is 27.2 Å². The molecule has 0 saturated carbocycles. The minimum absolute atomic E-state index is 0.00599. The number of aryl methyl sites for hydroxylation is 2. The Balaban J connectivity index is 1.46. The third-order valence-electron chi connectivity index (χ3n) is 6.99. The summed E-state index contributed by atoms with van der Waals surface area (Å²) in [5.41, 5.74) is 1.78. The smallest absolute Gasteiger partial charge is 0.287 e. The average molecular weight is 555 g/mol. The van der Waals surface area contributed by atoms with Crippen LogP contribution in [-0.4, -0.2) is 61.0 Å². The lowest BCUT2D eigenvalue weighted by molar-refractivity contribution is -0.134. The van der Waals surface area contributed by atoms with Crippen LogP contribution in [0.25, 0.3) is 11.0 Å². The minimum atomic E-state index is -4.37. The van der Waals surface area contributed by atoms with Gasteiger partial charge in [0.25, 0.3) is 15.9 Å². The van der Waals surface area contributed by atoms with Gasteiger partial charge in [0.1, 0.15) is 11.6 Å². The molecule has 1 aliphatic rings. The first kappa shape index (κ1) is 28.4. The summed E-state index contributed by atoms with van der Waals surface area (Å²) in [7, 11) is -4.37. The summed E-state index contributed by atoms with van der Waals surface area (Å²) in [6, 6.07) is 9.53. The number of amides is 2. The van der Waals surface area contributed by atoms with E-state index in [2.05, 4.69) is 15.6 Å². The monoisotopic (exact) mass is 554 g/mol. The quantitative estimate of drug-likeness (QED) is 0.411. The number of furan rings is 1. The van der Waals surface area contributed by atoms with Gasteiger partial charge in [0.15, 0.2) is 16.6 Å². The summed E-state index contributed by atoms with van der Waals surface area (Å²) in [5, 5.41) is 6.45. The van der Waals surface area contributed by atoms with Crippen molar-refractivity contribution in [2.75, 3.05) is 19.6 Å². The van der Waals surface area contributed by atoms with Crippen molar-refractivity contribution >= 4 is 38.6 Å². The molecule has 1 aromatic carbocycles. The lowest BCUT2D eigenvalue weighted by Gasteiger charge is -2.30. The van der Waals surface area contributed by atoms with E-state index in [4.69, 9.17) is 4.42 Å². The number of carbonyl (C=O) groups excluding carboxylic acids is 3. The lowest BCUT2D eigenvalue weighted by atomic mass is 10.0. The molecule has 1 aliphatic heterocycles. The molecule has 0 radical (unpaired) electrons. The van der Waals surface area contributed by atoms with Crippen LogP contribution >= 0.6 is 0 Å². The van der Waals surface area contributed by atoms with Crippen LogP contribution < -0.4 is 10.6 Å². The Hall–Kier alpha value is -3.57. The molecule has 0 aliphatic carbocycles. The van der Waals surface area contributed by atoms with Crippen molar-refractivity contribution in [1.29, 1.82) is 0 Å². The minimum Gasteiger partial charge on any atom is -0.451 e. The van der Waals surface area contributed by atoms with Crippen molar-refractivity contribution in [2.24, 2.45) is 5.92 Å². The molecule has 0 bridgehead atoms. The maximum absolute atomic E-state index is 13.7. The highest BCUT2D eigenvalue weighted by Gasteiger charge is 2.41. The average Bonchev–Trinajstić information content (AvgIpc) is 3.09. The number of carbonyl (C=O) groups is 3. The Morgan fingerprint density at radius 1 is 1.21 bits per heavy atom. The van der Waals surface area contributed by atoms with Gasteiger partial charge in [0, 0.05) is 30.1 Å². The van der Waals surface area contributed by atoms with Crippen LogP contribution in [0.1, 0.15) is 54.3 Å². The normalized spacial score (nSPS) is 17.0. The number of pyridine rings is 1. The number of fused-ring (bicyclic) bond motifs is 1. The highest BCUT2D eigenvalue weighted by atomic mass is 32.2. The summed E-state index contributed by atoms with van der Waals surface area (Å²) in [6.45, 7) is 6.06. The highest BCUT2D eigenvalue weighted by molar-refractivity contribution is 7.89. The summed E-state index contributed by atoms with van der Waals surface area (Å²) >= 11 is 0. The van der Waals surface area contributed by atoms with Gasteiger partial charge < -0.3 is 15.1 Å². The van der Waals surface area contributed by atoms with Gasteiger partial charge in [-0.15, -0.1) is 0 Å². The fourth-order valence-electron chi connectivity index (χ4n) is 4.86. The van der Waals surface area contributed by atoms with Crippen LogP contribution in [0.2, 0.25) is 0 Å². The van der Waals surface area contributed by atoms with E-state index in [-0.39, 0.29) is 54.3 Å². The van der Waals surface area contributed by atoms with Crippen molar-refractivity contribution in [2.45, 2.75) is 57.5 Å². The standard InChI is InChI=1S/C28H34N4O6S/c1-18(12-15-30-27(35)26-20(3)21-9-4-5-11-24(21)38-26)16-25(34)32(22-10-7-13-29-17-23(22)33)39(36,37)28-19(2)8-6-14-31-28/h4-6,8-9,11,14,18,22,29H,7,10,12-13,15-17H2,1-3H3,(H,30,35)/t18?,22-/m0/s1. The fourth-order valence-corrected chi connectivity index (χ4v) is 6.62. The van der Waals surface area contributed by atoms with E-state index in [0.29, 0.717) is 30.5 Å². The molecule has 2 atom stereocenters. The van der Waals surface area contributed by atoms with Crippen LogP contribution in [0.5, 0.6) is 0 Å². The number of benzene rings is 1. The number of nitrogens with one attached hydrogen (secondary N) is 2. The molecule has 11 heteroatoms. The van der Waals surface area contributed by atoms with Crippen molar-refractivity contribution in [1.82, 2.24) is 19.9 Å². The van der Waals surface area contributed by atoms with Crippen molar-refractivity contribution in [3.8, 4) is 0 Å². The molecule has 208 valence electrons. The summed E-state index contributed by atoms with van der Waals surface area (Å²) < 4.78 is 33.9. The first-order chi connectivity index (χ1) is 18.6. The van der Waals surface area contributed by atoms with Gasteiger partial charge in [0.2, 0.25) is 5.91 Å². The predicted octanol–water partition coefficient (Wildman–Crippen LogP) is 3.13. The lowest BCUT2D eigenvalue weighted by Crippen LogP contribution is -2.50. The molecule has 1 saturated heterocycles. The second-order valence-corrected chi connectivity index (χ2v) is 11.8. The molecule has 1 fully saturated rings. The van der Waals surface area contributed by atoms with E-state index in [9.17, 15) is 22.8 Å². The number of hydrogen-bond donors (Lipinski definition) is 2. The molecule has 1 unspecified atom stereocenters. The second kappa shape index (κ2) is 12.1. The largest absolute Gasteiger partial charge is 0.451 e.